The molecule has 0 saturated heterocycles. The van der Waals surface area contributed by atoms with Crippen molar-refractivity contribution in [2.75, 3.05) is 10.9 Å². The second kappa shape index (κ2) is 4.35. The van der Waals surface area contributed by atoms with Gasteiger partial charge in [0.2, 0.25) is 0 Å². The molecule has 0 saturated carbocycles. The van der Waals surface area contributed by atoms with E-state index in [4.69, 9.17) is 0 Å². The first kappa shape index (κ1) is 10.0. The lowest BCUT2D eigenvalue weighted by Gasteiger charge is -2.07. The van der Waals surface area contributed by atoms with E-state index >= 15 is 0 Å². The maximum absolute atomic E-state index is 11.3. The average molecular weight is 218 g/mol. The second-order valence-electron chi connectivity index (χ2n) is 3.10. The topological polar surface area (TPSA) is 89.8 Å². The summed E-state index contributed by atoms with van der Waals surface area (Å²) in [6, 6.07) is 9.29. The van der Waals surface area contributed by atoms with Gasteiger partial charge in [-0.05, 0) is 12.1 Å². The van der Waals surface area contributed by atoms with Gasteiger partial charge in [-0.2, -0.15) is 0 Å². The Bertz CT molecular complexity index is 573. The SMILES string of the molecule is O=c1[nH]cc(NNc2ccccc2)c(=O)[nH]1. The van der Waals surface area contributed by atoms with Crippen LogP contribution in [0.5, 0.6) is 0 Å². The van der Waals surface area contributed by atoms with Crippen LogP contribution < -0.4 is 22.1 Å². The van der Waals surface area contributed by atoms with Crippen molar-refractivity contribution in [3.05, 3.63) is 57.4 Å². The number of H-pyrrole nitrogens is 2. The Morgan fingerprint density at radius 3 is 2.44 bits per heavy atom. The van der Waals surface area contributed by atoms with Gasteiger partial charge in [-0.1, -0.05) is 18.2 Å². The lowest BCUT2D eigenvalue weighted by atomic mass is 10.3. The van der Waals surface area contributed by atoms with Crippen LogP contribution >= 0.6 is 0 Å². The minimum atomic E-state index is -0.532. The molecule has 0 unspecified atom stereocenters. The van der Waals surface area contributed by atoms with Crippen LogP contribution in [0, 0.1) is 0 Å². The van der Waals surface area contributed by atoms with Gasteiger partial charge in [0.1, 0.15) is 5.69 Å². The summed E-state index contributed by atoms with van der Waals surface area (Å²) < 4.78 is 0. The van der Waals surface area contributed by atoms with Gasteiger partial charge in [-0.3, -0.25) is 15.2 Å². The molecule has 0 atom stereocenters. The summed E-state index contributed by atoms with van der Waals surface area (Å²) in [5.74, 6) is 0. The molecule has 6 heteroatoms. The van der Waals surface area contributed by atoms with Crippen molar-refractivity contribution in [2.45, 2.75) is 0 Å². The van der Waals surface area contributed by atoms with E-state index in [9.17, 15) is 9.59 Å². The zero-order valence-electron chi connectivity index (χ0n) is 8.28. The molecule has 1 heterocycles. The van der Waals surface area contributed by atoms with E-state index in [0.717, 1.165) is 5.69 Å². The van der Waals surface area contributed by atoms with E-state index in [1.807, 2.05) is 30.3 Å². The number of benzene rings is 1. The molecule has 1 aromatic carbocycles. The Kier molecular flexibility index (Phi) is 2.73. The maximum atomic E-state index is 11.3. The Morgan fingerprint density at radius 1 is 1.00 bits per heavy atom. The van der Waals surface area contributed by atoms with Crippen LogP contribution in [-0.4, -0.2) is 9.97 Å². The fourth-order valence-electron chi connectivity index (χ4n) is 1.16. The van der Waals surface area contributed by atoms with Crippen molar-refractivity contribution in [3.63, 3.8) is 0 Å². The largest absolute Gasteiger partial charge is 0.325 e. The third kappa shape index (κ3) is 2.30. The fraction of sp³-hybridized carbons (Fsp3) is 0. The summed E-state index contributed by atoms with van der Waals surface area (Å²) in [7, 11) is 0. The molecule has 4 N–H and O–H groups in total. The third-order valence-electron chi connectivity index (χ3n) is 1.93. The van der Waals surface area contributed by atoms with Crippen LogP contribution in [-0.2, 0) is 0 Å². The summed E-state index contributed by atoms with van der Waals surface area (Å²) in [5, 5.41) is 0. The third-order valence-corrected chi connectivity index (χ3v) is 1.93. The van der Waals surface area contributed by atoms with Gasteiger partial charge in [0.15, 0.2) is 0 Å². The van der Waals surface area contributed by atoms with Crippen molar-refractivity contribution < 1.29 is 0 Å². The van der Waals surface area contributed by atoms with Gasteiger partial charge in [0, 0.05) is 6.20 Å². The van der Waals surface area contributed by atoms with Crippen LogP contribution in [0.2, 0.25) is 0 Å². The van der Waals surface area contributed by atoms with E-state index < -0.39 is 11.2 Å². The van der Waals surface area contributed by atoms with E-state index in [1.165, 1.54) is 6.20 Å². The van der Waals surface area contributed by atoms with Crippen molar-refractivity contribution in [1.29, 1.82) is 0 Å². The minimum absolute atomic E-state index is 0.239. The molecule has 82 valence electrons. The molecule has 6 nitrogen and oxygen atoms in total. The first-order valence-corrected chi connectivity index (χ1v) is 4.65. The van der Waals surface area contributed by atoms with E-state index in [2.05, 4.69) is 20.8 Å². The summed E-state index contributed by atoms with van der Waals surface area (Å²) in [4.78, 5) is 26.5. The van der Waals surface area contributed by atoms with Crippen LogP contribution in [0.1, 0.15) is 0 Å². The molecular formula is C10H10N4O2. The number of anilines is 2. The first-order valence-electron chi connectivity index (χ1n) is 4.65. The number of aromatic nitrogens is 2. The fourth-order valence-corrected chi connectivity index (χ4v) is 1.16. The average Bonchev–Trinajstić information content (AvgIpc) is 2.29. The van der Waals surface area contributed by atoms with Crippen LogP contribution in [0.15, 0.2) is 46.1 Å². The number of aromatic amines is 2. The molecule has 2 aromatic rings. The number of nitrogens with one attached hydrogen (secondary N) is 4. The molecule has 0 aliphatic heterocycles. The molecule has 0 aliphatic carbocycles. The van der Waals surface area contributed by atoms with Crippen molar-refractivity contribution >= 4 is 11.4 Å². The van der Waals surface area contributed by atoms with Gasteiger partial charge >= 0.3 is 5.69 Å². The van der Waals surface area contributed by atoms with Crippen LogP contribution in [0.25, 0.3) is 0 Å². The molecule has 1 aromatic heterocycles. The smallest absolute Gasteiger partial charge is 0.312 e. The highest BCUT2D eigenvalue weighted by atomic mass is 16.2. The quantitative estimate of drug-likeness (QED) is 0.565. The zero-order chi connectivity index (χ0) is 11.4. The number of rotatable bonds is 3. The van der Waals surface area contributed by atoms with E-state index in [1.54, 1.807) is 0 Å². The van der Waals surface area contributed by atoms with E-state index in [0.29, 0.717) is 0 Å². The molecule has 0 aliphatic rings. The predicted molar refractivity (Wildman–Crippen MR) is 61.4 cm³/mol. The molecular weight excluding hydrogens is 208 g/mol. The van der Waals surface area contributed by atoms with Gasteiger partial charge in [-0.15, -0.1) is 0 Å². The van der Waals surface area contributed by atoms with Gasteiger partial charge < -0.3 is 10.4 Å². The minimum Gasteiger partial charge on any atom is -0.312 e. The van der Waals surface area contributed by atoms with Gasteiger partial charge in [0.05, 0.1) is 5.69 Å². The Hall–Kier alpha value is -2.50. The van der Waals surface area contributed by atoms with Crippen LogP contribution in [0.3, 0.4) is 0 Å². The van der Waals surface area contributed by atoms with E-state index in [-0.39, 0.29) is 5.69 Å². The Morgan fingerprint density at radius 2 is 1.75 bits per heavy atom. The van der Waals surface area contributed by atoms with Crippen LogP contribution in [0.4, 0.5) is 11.4 Å². The zero-order valence-corrected chi connectivity index (χ0v) is 8.28. The molecule has 0 radical (unpaired) electrons. The van der Waals surface area contributed by atoms with Gasteiger partial charge in [0.25, 0.3) is 5.56 Å². The number of hydrogen-bond donors (Lipinski definition) is 4. The lowest BCUT2D eigenvalue weighted by Crippen LogP contribution is -2.26. The highest BCUT2D eigenvalue weighted by Gasteiger charge is 1.98. The molecule has 0 spiro atoms. The molecule has 0 amide bonds. The monoisotopic (exact) mass is 218 g/mol. The Labute approximate surface area is 90.3 Å². The second-order valence-corrected chi connectivity index (χ2v) is 3.10. The molecule has 0 bridgehead atoms. The predicted octanol–water partition coefficient (Wildman–Crippen LogP) is 0.502. The van der Waals surface area contributed by atoms with Crippen molar-refractivity contribution in [2.24, 2.45) is 0 Å². The van der Waals surface area contributed by atoms with Crippen molar-refractivity contribution in [1.82, 2.24) is 9.97 Å². The number of hydrazine groups is 1. The lowest BCUT2D eigenvalue weighted by molar-refractivity contribution is 1.03. The number of para-hydroxylation sites is 1. The van der Waals surface area contributed by atoms with Crippen molar-refractivity contribution in [3.8, 4) is 0 Å². The standard InChI is InChI=1S/C10H10N4O2/c15-9-8(6-11-10(16)12-9)14-13-7-4-2-1-3-5-7/h1-6,13-14H,(H2,11,12,15,16). The Balaban J connectivity index is 2.11. The molecule has 16 heavy (non-hydrogen) atoms. The molecule has 0 fully saturated rings. The summed E-state index contributed by atoms with van der Waals surface area (Å²) in [5.41, 5.74) is 5.56. The van der Waals surface area contributed by atoms with Gasteiger partial charge in [-0.25, -0.2) is 4.79 Å². The first-order chi connectivity index (χ1) is 7.75. The normalized spacial score (nSPS) is 9.75. The highest BCUT2D eigenvalue weighted by Crippen LogP contribution is 2.04. The summed E-state index contributed by atoms with van der Waals surface area (Å²) in [6.45, 7) is 0. The maximum Gasteiger partial charge on any atom is 0.325 e. The summed E-state index contributed by atoms with van der Waals surface area (Å²) >= 11 is 0. The highest BCUT2D eigenvalue weighted by molar-refractivity contribution is 5.50. The number of hydrogen-bond acceptors (Lipinski definition) is 4. The molecule has 2 rings (SSSR count). The summed E-state index contributed by atoms with van der Waals surface area (Å²) in [6.07, 6.45) is 1.30.